The number of aromatic hydroxyl groups is 1. The van der Waals surface area contributed by atoms with Crippen LogP contribution in [0.5, 0.6) is 5.75 Å². The molecule has 2 rings (SSSR count). The number of carbonyl (C=O) groups is 1. The van der Waals surface area contributed by atoms with Gasteiger partial charge in [-0.05, 0) is 55.0 Å². The van der Waals surface area contributed by atoms with E-state index < -0.39 is 0 Å². The Morgan fingerprint density at radius 3 is 2.12 bits per heavy atom. The minimum Gasteiger partial charge on any atom is -0.508 e. The van der Waals surface area contributed by atoms with Crippen molar-refractivity contribution in [3.8, 4) is 5.75 Å². The van der Waals surface area contributed by atoms with Crippen molar-refractivity contribution in [3.63, 3.8) is 0 Å². The average Bonchev–Trinajstić information content (AvgIpc) is 2.63. The topological polar surface area (TPSA) is 61.4 Å². The summed E-state index contributed by atoms with van der Waals surface area (Å²) in [5, 5.41) is 15.5. The van der Waals surface area contributed by atoms with Gasteiger partial charge in [0.1, 0.15) is 5.75 Å². The van der Waals surface area contributed by atoms with Gasteiger partial charge in [0, 0.05) is 23.5 Å². The van der Waals surface area contributed by atoms with Crippen LogP contribution in [0.2, 0.25) is 0 Å². The molecule has 3 N–H and O–H groups in total. The van der Waals surface area contributed by atoms with Crippen LogP contribution in [0.25, 0.3) is 0 Å². The van der Waals surface area contributed by atoms with E-state index in [2.05, 4.69) is 17.6 Å². The summed E-state index contributed by atoms with van der Waals surface area (Å²) in [6, 6.07) is 13.9. The van der Waals surface area contributed by atoms with E-state index in [0.717, 1.165) is 17.9 Å². The van der Waals surface area contributed by atoms with Crippen LogP contribution in [0.15, 0.2) is 48.5 Å². The fourth-order valence-electron chi connectivity index (χ4n) is 2.63. The zero-order valence-electron chi connectivity index (χ0n) is 14.9. The molecule has 0 saturated carbocycles. The molecule has 0 bridgehead atoms. The molecule has 0 saturated heterocycles. The van der Waals surface area contributed by atoms with Gasteiger partial charge in [0.25, 0.3) is 5.91 Å². The number of unbranched alkanes of at least 4 members (excludes halogenated alkanes) is 5. The summed E-state index contributed by atoms with van der Waals surface area (Å²) >= 11 is 0. The monoisotopic (exact) mass is 340 g/mol. The molecule has 0 atom stereocenters. The third-order valence-electron chi connectivity index (χ3n) is 4.13. The standard InChI is InChI=1S/C21H28N2O2/c1-2-3-4-5-6-7-16-22-18-10-12-19(13-11-18)23-21(25)17-8-14-20(24)15-9-17/h8-15,22,24H,2-7,16H2,1H3,(H,23,25). The Morgan fingerprint density at radius 2 is 1.44 bits per heavy atom. The number of phenolic OH excluding ortho intramolecular Hbond substituents is 1. The van der Waals surface area contributed by atoms with E-state index in [1.807, 2.05) is 24.3 Å². The molecular formula is C21H28N2O2. The van der Waals surface area contributed by atoms with Gasteiger partial charge in [-0.25, -0.2) is 0 Å². The lowest BCUT2D eigenvalue weighted by atomic mass is 10.1. The Labute approximate surface area is 150 Å². The number of rotatable bonds is 10. The zero-order valence-corrected chi connectivity index (χ0v) is 14.9. The van der Waals surface area contributed by atoms with Crippen molar-refractivity contribution >= 4 is 17.3 Å². The number of carbonyl (C=O) groups excluding carboxylic acids is 1. The summed E-state index contributed by atoms with van der Waals surface area (Å²) in [5.41, 5.74) is 2.34. The zero-order chi connectivity index (χ0) is 17.9. The first-order chi connectivity index (χ1) is 12.2. The van der Waals surface area contributed by atoms with Crippen LogP contribution in [-0.4, -0.2) is 17.6 Å². The van der Waals surface area contributed by atoms with Crippen LogP contribution >= 0.6 is 0 Å². The van der Waals surface area contributed by atoms with E-state index in [4.69, 9.17) is 0 Å². The first kappa shape index (κ1) is 18.8. The molecule has 0 aliphatic carbocycles. The van der Waals surface area contributed by atoms with Crippen molar-refractivity contribution in [1.29, 1.82) is 0 Å². The minimum absolute atomic E-state index is 0.150. The maximum absolute atomic E-state index is 12.1. The van der Waals surface area contributed by atoms with Gasteiger partial charge in [0.15, 0.2) is 0 Å². The van der Waals surface area contributed by atoms with E-state index in [9.17, 15) is 9.90 Å². The lowest BCUT2D eigenvalue weighted by Crippen LogP contribution is -2.11. The van der Waals surface area contributed by atoms with Crippen molar-refractivity contribution in [1.82, 2.24) is 0 Å². The fourth-order valence-corrected chi connectivity index (χ4v) is 2.63. The molecule has 25 heavy (non-hydrogen) atoms. The smallest absolute Gasteiger partial charge is 0.255 e. The number of benzene rings is 2. The Kier molecular flexibility index (Phi) is 7.83. The molecule has 2 aromatic carbocycles. The summed E-state index contributed by atoms with van der Waals surface area (Å²) < 4.78 is 0. The molecule has 4 nitrogen and oxygen atoms in total. The number of phenols is 1. The summed E-state index contributed by atoms with van der Waals surface area (Å²) in [4.78, 5) is 12.1. The molecule has 0 spiro atoms. The van der Waals surface area contributed by atoms with Crippen LogP contribution in [-0.2, 0) is 0 Å². The van der Waals surface area contributed by atoms with Gasteiger partial charge in [-0.2, -0.15) is 0 Å². The van der Waals surface area contributed by atoms with Gasteiger partial charge in [0.05, 0.1) is 0 Å². The molecule has 1 amide bonds. The number of hydrogen-bond acceptors (Lipinski definition) is 3. The van der Waals surface area contributed by atoms with Crippen molar-refractivity contribution < 1.29 is 9.90 Å². The minimum atomic E-state index is -0.187. The Balaban J connectivity index is 1.72. The highest BCUT2D eigenvalue weighted by atomic mass is 16.3. The predicted molar refractivity (Wildman–Crippen MR) is 104 cm³/mol. The molecule has 0 radical (unpaired) electrons. The second kappa shape index (κ2) is 10.4. The third kappa shape index (κ3) is 6.87. The van der Waals surface area contributed by atoms with E-state index >= 15 is 0 Å². The third-order valence-corrected chi connectivity index (χ3v) is 4.13. The van der Waals surface area contributed by atoms with Gasteiger partial charge < -0.3 is 15.7 Å². The van der Waals surface area contributed by atoms with E-state index in [1.54, 1.807) is 12.1 Å². The first-order valence-corrected chi connectivity index (χ1v) is 9.13. The van der Waals surface area contributed by atoms with Gasteiger partial charge in [-0.3, -0.25) is 4.79 Å². The van der Waals surface area contributed by atoms with Crippen molar-refractivity contribution in [2.75, 3.05) is 17.2 Å². The lowest BCUT2D eigenvalue weighted by molar-refractivity contribution is 0.102. The number of nitrogens with one attached hydrogen (secondary N) is 2. The molecule has 0 unspecified atom stereocenters. The molecule has 4 heteroatoms. The van der Waals surface area contributed by atoms with Crippen LogP contribution in [0.3, 0.4) is 0 Å². The second-order valence-corrected chi connectivity index (χ2v) is 6.27. The summed E-state index contributed by atoms with van der Waals surface area (Å²) in [6.07, 6.45) is 7.74. The van der Waals surface area contributed by atoms with Gasteiger partial charge >= 0.3 is 0 Å². The van der Waals surface area contributed by atoms with Crippen LogP contribution in [0.4, 0.5) is 11.4 Å². The van der Waals surface area contributed by atoms with Gasteiger partial charge in [-0.1, -0.05) is 39.0 Å². The van der Waals surface area contributed by atoms with Crippen LogP contribution in [0.1, 0.15) is 55.8 Å². The van der Waals surface area contributed by atoms with Gasteiger partial charge in [0.2, 0.25) is 0 Å². The molecule has 0 aliphatic heterocycles. The molecular weight excluding hydrogens is 312 g/mol. The molecule has 134 valence electrons. The number of amides is 1. The maximum Gasteiger partial charge on any atom is 0.255 e. The highest BCUT2D eigenvalue weighted by Crippen LogP contribution is 2.16. The Bertz CT molecular complexity index is 636. The summed E-state index contributed by atoms with van der Waals surface area (Å²) in [7, 11) is 0. The molecule has 0 aromatic heterocycles. The van der Waals surface area contributed by atoms with Crippen molar-refractivity contribution in [2.24, 2.45) is 0 Å². The summed E-state index contributed by atoms with van der Waals surface area (Å²) in [5.74, 6) is -0.0369. The highest BCUT2D eigenvalue weighted by Gasteiger charge is 2.05. The molecule has 0 aliphatic rings. The predicted octanol–water partition coefficient (Wildman–Crippen LogP) is 5.42. The second-order valence-electron chi connectivity index (χ2n) is 6.27. The number of hydrogen-bond donors (Lipinski definition) is 3. The largest absolute Gasteiger partial charge is 0.508 e. The SMILES string of the molecule is CCCCCCCCNc1ccc(NC(=O)c2ccc(O)cc2)cc1. The van der Waals surface area contributed by atoms with Crippen molar-refractivity contribution in [3.05, 3.63) is 54.1 Å². The lowest BCUT2D eigenvalue weighted by Gasteiger charge is -2.09. The average molecular weight is 340 g/mol. The van der Waals surface area contributed by atoms with Crippen LogP contribution < -0.4 is 10.6 Å². The first-order valence-electron chi connectivity index (χ1n) is 9.13. The number of anilines is 2. The maximum atomic E-state index is 12.1. The summed E-state index contributed by atoms with van der Waals surface area (Å²) in [6.45, 7) is 3.21. The molecule has 2 aromatic rings. The van der Waals surface area contributed by atoms with Crippen molar-refractivity contribution in [2.45, 2.75) is 45.4 Å². The van der Waals surface area contributed by atoms with Gasteiger partial charge in [-0.15, -0.1) is 0 Å². The Hall–Kier alpha value is -2.49. The van der Waals surface area contributed by atoms with Crippen LogP contribution in [0, 0.1) is 0 Å². The Morgan fingerprint density at radius 1 is 0.840 bits per heavy atom. The fraction of sp³-hybridized carbons (Fsp3) is 0.381. The van der Waals surface area contributed by atoms with E-state index in [-0.39, 0.29) is 11.7 Å². The molecule has 0 fully saturated rings. The quantitative estimate of drug-likeness (QED) is 0.506. The van der Waals surface area contributed by atoms with E-state index in [1.165, 1.54) is 50.7 Å². The van der Waals surface area contributed by atoms with E-state index in [0.29, 0.717) is 5.56 Å². The highest BCUT2D eigenvalue weighted by molar-refractivity contribution is 6.04. The molecule has 0 heterocycles. The normalized spacial score (nSPS) is 10.4.